The predicted molar refractivity (Wildman–Crippen MR) is 76.9 cm³/mol. The van der Waals surface area contributed by atoms with E-state index >= 15 is 0 Å². The van der Waals surface area contributed by atoms with E-state index in [1.807, 2.05) is 0 Å². The van der Waals surface area contributed by atoms with Crippen molar-refractivity contribution in [3.05, 3.63) is 58.3 Å². The van der Waals surface area contributed by atoms with E-state index in [4.69, 9.17) is 4.42 Å². The molecule has 0 aliphatic heterocycles. The highest BCUT2D eigenvalue weighted by molar-refractivity contribution is 5.76. The van der Waals surface area contributed by atoms with E-state index in [1.54, 1.807) is 25.1 Å². The van der Waals surface area contributed by atoms with Crippen molar-refractivity contribution in [1.29, 1.82) is 0 Å². The van der Waals surface area contributed by atoms with Gasteiger partial charge in [0.25, 0.3) is 0 Å². The summed E-state index contributed by atoms with van der Waals surface area (Å²) in [5.74, 6) is -0.904. The highest BCUT2D eigenvalue weighted by Crippen LogP contribution is 2.28. The summed E-state index contributed by atoms with van der Waals surface area (Å²) in [5, 5.41) is 12.9. The number of benzene rings is 2. The fourth-order valence-corrected chi connectivity index (χ4v) is 2.24. The van der Waals surface area contributed by atoms with Gasteiger partial charge in [0, 0.05) is 11.3 Å². The van der Waals surface area contributed by atoms with Gasteiger partial charge in [-0.15, -0.1) is 0 Å². The summed E-state index contributed by atoms with van der Waals surface area (Å²) in [4.78, 5) is 13.7. The Morgan fingerprint density at radius 1 is 1.29 bits per heavy atom. The zero-order chi connectivity index (χ0) is 15.0. The van der Waals surface area contributed by atoms with E-state index in [1.165, 1.54) is 18.2 Å². The predicted octanol–water partition coefficient (Wildman–Crippen LogP) is 3.14. The first kappa shape index (κ1) is 13.2. The number of hydrogen-bond donors (Lipinski definition) is 3. The van der Waals surface area contributed by atoms with Crippen molar-refractivity contribution in [2.24, 2.45) is 0 Å². The van der Waals surface area contributed by atoms with Crippen LogP contribution in [0.15, 0.2) is 45.6 Å². The van der Waals surface area contributed by atoms with E-state index in [2.05, 4.69) is 10.3 Å². The maximum Gasteiger partial charge on any atom is 0.417 e. The standard InChI is InChI=1S/C15H13FN2O3/c1-8(11-6-9(16)2-4-13(11)19)17-10-3-5-14-12(7-10)18-15(20)21-14/h2-8,17,19H,1H3,(H,18,20). The number of aromatic hydroxyl groups is 1. The molecule has 1 unspecified atom stereocenters. The molecule has 0 aliphatic rings. The molecular weight excluding hydrogens is 275 g/mol. The lowest BCUT2D eigenvalue weighted by atomic mass is 10.1. The molecule has 0 amide bonds. The molecule has 0 fully saturated rings. The Morgan fingerprint density at radius 3 is 2.90 bits per heavy atom. The zero-order valence-corrected chi connectivity index (χ0v) is 11.2. The van der Waals surface area contributed by atoms with Crippen molar-refractivity contribution in [1.82, 2.24) is 4.98 Å². The quantitative estimate of drug-likeness (QED) is 0.692. The Morgan fingerprint density at radius 2 is 2.10 bits per heavy atom. The first-order valence-electron chi connectivity index (χ1n) is 6.41. The number of phenolic OH excluding ortho intramolecular Hbond substituents is 1. The number of aromatic nitrogens is 1. The molecule has 0 saturated carbocycles. The van der Waals surface area contributed by atoms with Gasteiger partial charge in [0.2, 0.25) is 0 Å². The lowest BCUT2D eigenvalue weighted by molar-refractivity contribution is 0.462. The molecule has 1 atom stereocenters. The summed E-state index contributed by atoms with van der Waals surface area (Å²) in [6.07, 6.45) is 0. The molecular formula is C15H13FN2O3. The Labute approximate surface area is 119 Å². The third kappa shape index (κ3) is 2.60. The van der Waals surface area contributed by atoms with E-state index in [9.17, 15) is 14.3 Å². The van der Waals surface area contributed by atoms with E-state index < -0.39 is 11.6 Å². The van der Waals surface area contributed by atoms with Crippen molar-refractivity contribution >= 4 is 16.8 Å². The Kier molecular flexibility index (Phi) is 3.13. The molecule has 3 rings (SSSR count). The number of hydrogen-bond acceptors (Lipinski definition) is 4. The molecule has 1 aromatic heterocycles. The Balaban J connectivity index is 1.90. The molecule has 0 bridgehead atoms. The molecule has 3 N–H and O–H groups in total. The number of anilines is 1. The number of fused-ring (bicyclic) bond motifs is 1. The molecule has 2 aromatic carbocycles. The van der Waals surface area contributed by atoms with Gasteiger partial charge in [-0.2, -0.15) is 0 Å². The van der Waals surface area contributed by atoms with Crippen molar-refractivity contribution in [3.63, 3.8) is 0 Å². The number of halogens is 1. The topological polar surface area (TPSA) is 78.3 Å². The van der Waals surface area contributed by atoms with Gasteiger partial charge in [-0.1, -0.05) is 0 Å². The van der Waals surface area contributed by atoms with E-state index in [0.29, 0.717) is 16.7 Å². The van der Waals surface area contributed by atoms with Crippen LogP contribution < -0.4 is 11.1 Å². The second kappa shape index (κ2) is 4.97. The zero-order valence-electron chi connectivity index (χ0n) is 11.2. The third-order valence-electron chi connectivity index (χ3n) is 3.26. The smallest absolute Gasteiger partial charge is 0.417 e. The maximum atomic E-state index is 13.3. The van der Waals surface area contributed by atoms with Crippen LogP contribution in [0.3, 0.4) is 0 Å². The molecule has 21 heavy (non-hydrogen) atoms. The van der Waals surface area contributed by atoms with E-state index in [-0.39, 0.29) is 11.8 Å². The largest absolute Gasteiger partial charge is 0.508 e. The molecule has 108 valence electrons. The molecule has 0 aliphatic carbocycles. The monoisotopic (exact) mass is 288 g/mol. The van der Waals surface area contributed by atoms with Gasteiger partial charge < -0.3 is 14.8 Å². The molecule has 1 heterocycles. The van der Waals surface area contributed by atoms with Gasteiger partial charge >= 0.3 is 5.76 Å². The lowest BCUT2D eigenvalue weighted by Crippen LogP contribution is -2.07. The summed E-state index contributed by atoms with van der Waals surface area (Å²) in [5.41, 5.74) is 2.21. The number of phenols is 1. The van der Waals surface area contributed by atoms with Crippen LogP contribution >= 0.6 is 0 Å². The number of aromatic amines is 1. The van der Waals surface area contributed by atoms with E-state index in [0.717, 1.165) is 5.69 Å². The van der Waals surface area contributed by atoms with Crippen molar-refractivity contribution in [2.75, 3.05) is 5.32 Å². The minimum absolute atomic E-state index is 0.0224. The minimum atomic E-state index is -0.516. The summed E-state index contributed by atoms with van der Waals surface area (Å²) in [6.45, 7) is 1.80. The van der Waals surface area contributed by atoms with Gasteiger partial charge in [0.1, 0.15) is 11.6 Å². The summed E-state index contributed by atoms with van der Waals surface area (Å²) >= 11 is 0. The van der Waals surface area contributed by atoms with Crippen molar-refractivity contribution < 1.29 is 13.9 Å². The molecule has 3 aromatic rings. The molecule has 0 spiro atoms. The number of oxazole rings is 1. The summed E-state index contributed by atoms with van der Waals surface area (Å²) in [6, 6.07) is 8.61. The lowest BCUT2D eigenvalue weighted by Gasteiger charge is -2.17. The highest BCUT2D eigenvalue weighted by Gasteiger charge is 2.12. The second-order valence-electron chi connectivity index (χ2n) is 4.79. The van der Waals surface area contributed by atoms with Crippen molar-refractivity contribution in [2.45, 2.75) is 13.0 Å². The summed E-state index contributed by atoms with van der Waals surface area (Å²) < 4.78 is 18.2. The van der Waals surface area contributed by atoms with Crippen LogP contribution in [-0.2, 0) is 0 Å². The first-order chi connectivity index (χ1) is 10.0. The van der Waals surface area contributed by atoms with Crippen LogP contribution in [0.4, 0.5) is 10.1 Å². The first-order valence-corrected chi connectivity index (χ1v) is 6.41. The van der Waals surface area contributed by atoms with Crippen LogP contribution in [0.5, 0.6) is 5.75 Å². The second-order valence-corrected chi connectivity index (χ2v) is 4.79. The SMILES string of the molecule is CC(Nc1ccc2oc(=O)[nH]c2c1)c1cc(F)ccc1O. The molecule has 5 nitrogen and oxygen atoms in total. The van der Waals surface area contributed by atoms with Gasteiger partial charge in [-0.3, -0.25) is 4.98 Å². The average Bonchev–Trinajstić information content (AvgIpc) is 2.80. The van der Waals surface area contributed by atoms with Gasteiger partial charge in [0.05, 0.1) is 11.6 Å². The van der Waals surface area contributed by atoms with Gasteiger partial charge in [-0.25, -0.2) is 9.18 Å². The van der Waals surface area contributed by atoms with Crippen LogP contribution in [0, 0.1) is 5.82 Å². The maximum absolute atomic E-state index is 13.3. The van der Waals surface area contributed by atoms with Crippen LogP contribution in [-0.4, -0.2) is 10.1 Å². The third-order valence-corrected chi connectivity index (χ3v) is 3.26. The molecule has 6 heteroatoms. The Hall–Kier alpha value is -2.76. The number of H-pyrrole nitrogens is 1. The van der Waals surface area contributed by atoms with Gasteiger partial charge in [0.15, 0.2) is 5.58 Å². The molecule has 0 saturated heterocycles. The highest BCUT2D eigenvalue weighted by atomic mass is 19.1. The number of nitrogens with one attached hydrogen (secondary N) is 2. The van der Waals surface area contributed by atoms with Crippen LogP contribution in [0.1, 0.15) is 18.5 Å². The van der Waals surface area contributed by atoms with Crippen LogP contribution in [0.25, 0.3) is 11.1 Å². The van der Waals surface area contributed by atoms with Gasteiger partial charge in [-0.05, 0) is 43.3 Å². The fraction of sp³-hybridized carbons (Fsp3) is 0.133. The normalized spacial score (nSPS) is 12.5. The summed E-state index contributed by atoms with van der Waals surface area (Å²) in [7, 11) is 0. The molecule has 0 radical (unpaired) electrons. The minimum Gasteiger partial charge on any atom is -0.508 e. The van der Waals surface area contributed by atoms with Crippen LogP contribution in [0.2, 0.25) is 0 Å². The fourth-order valence-electron chi connectivity index (χ4n) is 2.24. The van der Waals surface area contributed by atoms with Crippen molar-refractivity contribution in [3.8, 4) is 5.75 Å². The Bertz CT molecular complexity index is 853. The average molecular weight is 288 g/mol. The number of rotatable bonds is 3.